The van der Waals surface area contributed by atoms with Gasteiger partial charge in [-0.1, -0.05) is 6.07 Å². The largest absolute Gasteiger partial charge is 0.489 e. The highest BCUT2D eigenvalue weighted by Crippen LogP contribution is 2.40. The van der Waals surface area contributed by atoms with Gasteiger partial charge in [0.05, 0.1) is 22.4 Å². The fraction of sp³-hybridized carbons (Fsp3) is 0.300. The van der Waals surface area contributed by atoms with Gasteiger partial charge in [-0.05, 0) is 48.7 Å². The molecule has 11 heteroatoms. The Labute approximate surface area is 171 Å². The standard InChI is InChI=1S/C20H15F6NO4/c21-19(22,23)14-5-1-10(7-15(14)20(24,25)26)9-31-12-4-6-16(13(8-12)18(29)30)27-17(28)11-2-3-11/h1,4-8,11H,2-3,9H2,(H,27,28)(H,29,30). The van der Waals surface area contributed by atoms with Crippen molar-refractivity contribution < 1.29 is 45.8 Å². The van der Waals surface area contributed by atoms with Crippen molar-refractivity contribution in [1.29, 1.82) is 0 Å². The van der Waals surface area contributed by atoms with Gasteiger partial charge >= 0.3 is 18.3 Å². The molecule has 1 fully saturated rings. The van der Waals surface area contributed by atoms with Crippen LogP contribution in [0.2, 0.25) is 0 Å². The number of ether oxygens (including phenoxy) is 1. The maximum atomic E-state index is 13.0. The summed E-state index contributed by atoms with van der Waals surface area (Å²) in [5.41, 5.74) is -4.11. The first kappa shape index (κ1) is 22.4. The third kappa shape index (κ3) is 5.47. The number of carboxylic acid groups (broad SMARTS) is 1. The van der Waals surface area contributed by atoms with E-state index in [1.54, 1.807) is 0 Å². The number of anilines is 1. The minimum atomic E-state index is -5.22. The summed E-state index contributed by atoms with van der Waals surface area (Å²) < 4.78 is 82.9. The number of carboxylic acids is 1. The summed E-state index contributed by atoms with van der Waals surface area (Å²) in [7, 11) is 0. The lowest BCUT2D eigenvalue weighted by molar-refractivity contribution is -0.162. The molecule has 5 nitrogen and oxygen atoms in total. The fourth-order valence-corrected chi connectivity index (χ4v) is 2.81. The predicted octanol–water partition coefficient (Wildman–Crippen LogP) is 5.35. The van der Waals surface area contributed by atoms with E-state index in [1.807, 2.05) is 0 Å². The van der Waals surface area contributed by atoms with Crippen molar-refractivity contribution in [2.75, 3.05) is 5.32 Å². The summed E-state index contributed by atoms with van der Waals surface area (Å²) in [6.07, 6.45) is -8.98. The van der Waals surface area contributed by atoms with Gasteiger partial charge in [-0.3, -0.25) is 4.79 Å². The second-order valence-electron chi connectivity index (χ2n) is 6.94. The van der Waals surface area contributed by atoms with Crippen molar-refractivity contribution in [1.82, 2.24) is 0 Å². The van der Waals surface area contributed by atoms with Gasteiger partial charge in [0.2, 0.25) is 5.91 Å². The molecular weight excluding hydrogens is 432 g/mol. The molecule has 1 aliphatic rings. The number of carbonyl (C=O) groups is 2. The van der Waals surface area contributed by atoms with Crippen molar-refractivity contribution in [2.24, 2.45) is 5.92 Å². The van der Waals surface area contributed by atoms with E-state index in [0.717, 1.165) is 12.1 Å². The molecule has 0 aliphatic heterocycles. The van der Waals surface area contributed by atoms with Gasteiger partial charge in [0.25, 0.3) is 0 Å². The zero-order chi connectivity index (χ0) is 23.0. The van der Waals surface area contributed by atoms with Crippen molar-refractivity contribution in [3.8, 4) is 5.75 Å². The number of amides is 1. The lowest BCUT2D eigenvalue weighted by atomic mass is 10.0. The average molecular weight is 447 g/mol. The van der Waals surface area contributed by atoms with Gasteiger partial charge in [-0.25, -0.2) is 4.79 Å². The Hall–Kier alpha value is -3.24. The van der Waals surface area contributed by atoms with Crippen LogP contribution in [-0.4, -0.2) is 17.0 Å². The number of carbonyl (C=O) groups excluding carboxylic acids is 1. The summed E-state index contributed by atoms with van der Waals surface area (Å²) in [5.74, 6) is -1.90. The van der Waals surface area contributed by atoms with Crippen LogP contribution >= 0.6 is 0 Å². The Morgan fingerprint density at radius 3 is 2.16 bits per heavy atom. The van der Waals surface area contributed by atoms with Crippen LogP contribution in [-0.2, 0) is 23.8 Å². The summed E-state index contributed by atoms with van der Waals surface area (Å²) in [6.45, 7) is -0.534. The maximum absolute atomic E-state index is 13.0. The summed E-state index contributed by atoms with van der Waals surface area (Å²) >= 11 is 0. The summed E-state index contributed by atoms with van der Waals surface area (Å²) in [6, 6.07) is 5.14. The van der Waals surface area contributed by atoms with Crippen LogP contribution in [0.1, 0.15) is 39.9 Å². The van der Waals surface area contributed by atoms with E-state index < -0.39 is 36.1 Å². The molecule has 1 amide bonds. The van der Waals surface area contributed by atoms with Crippen LogP contribution in [0.3, 0.4) is 0 Å². The molecule has 0 radical (unpaired) electrons. The van der Waals surface area contributed by atoms with E-state index in [-0.39, 0.29) is 34.4 Å². The molecule has 0 bridgehead atoms. The lowest BCUT2D eigenvalue weighted by Gasteiger charge is -2.17. The third-order valence-corrected chi connectivity index (χ3v) is 4.53. The van der Waals surface area contributed by atoms with Gasteiger partial charge in [-0.15, -0.1) is 0 Å². The molecule has 2 aromatic rings. The summed E-state index contributed by atoms with van der Waals surface area (Å²) in [4.78, 5) is 23.3. The second-order valence-corrected chi connectivity index (χ2v) is 6.94. The van der Waals surface area contributed by atoms with E-state index in [4.69, 9.17) is 4.74 Å². The third-order valence-electron chi connectivity index (χ3n) is 4.53. The van der Waals surface area contributed by atoms with Gasteiger partial charge in [0, 0.05) is 5.92 Å². The van der Waals surface area contributed by atoms with E-state index in [0.29, 0.717) is 25.0 Å². The van der Waals surface area contributed by atoms with Crippen LogP contribution < -0.4 is 10.1 Å². The van der Waals surface area contributed by atoms with Gasteiger partial charge < -0.3 is 15.2 Å². The van der Waals surface area contributed by atoms with E-state index in [9.17, 15) is 41.0 Å². The van der Waals surface area contributed by atoms with E-state index in [2.05, 4.69) is 5.32 Å². The van der Waals surface area contributed by atoms with Gasteiger partial charge in [-0.2, -0.15) is 26.3 Å². The normalized spacial score (nSPS) is 14.3. The lowest BCUT2D eigenvalue weighted by Crippen LogP contribution is -2.17. The Bertz CT molecular complexity index is 1010. The number of hydrogen-bond acceptors (Lipinski definition) is 3. The van der Waals surface area contributed by atoms with Crippen LogP contribution in [0.25, 0.3) is 0 Å². The first-order chi connectivity index (χ1) is 14.4. The molecule has 0 aromatic heterocycles. The van der Waals surface area contributed by atoms with Crippen molar-refractivity contribution in [3.63, 3.8) is 0 Å². The maximum Gasteiger partial charge on any atom is 0.417 e. The molecule has 2 N–H and O–H groups in total. The Kier molecular flexibility index (Phi) is 5.88. The highest BCUT2D eigenvalue weighted by molar-refractivity contribution is 6.02. The molecule has 2 aromatic carbocycles. The number of benzene rings is 2. The van der Waals surface area contributed by atoms with Crippen LogP contribution in [0.15, 0.2) is 36.4 Å². The quantitative estimate of drug-likeness (QED) is 0.586. The van der Waals surface area contributed by atoms with Crippen LogP contribution in [0, 0.1) is 5.92 Å². The Morgan fingerprint density at radius 2 is 1.61 bits per heavy atom. The topological polar surface area (TPSA) is 75.6 Å². The molecule has 1 aliphatic carbocycles. The number of nitrogens with one attached hydrogen (secondary N) is 1. The van der Waals surface area contributed by atoms with Crippen molar-refractivity contribution in [3.05, 3.63) is 58.7 Å². The number of alkyl halides is 6. The van der Waals surface area contributed by atoms with Gasteiger partial charge in [0.1, 0.15) is 12.4 Å². The van der Waals surface area contributed by atoms with Crippen LogP contribution in [0.5, 0.6) is 5.75 Å². The zero-order valence-electron chi connectivity index (χ0n) is 15.6. The zero-order valence-corrected chi connectivity index (χ0v) is 15.6. The van der Waals surface area contributed by atoms with Crippen LogP contribution in [0.4, 0.5) is 32.0 Å². The van der Waals surface area contributed by atoms with E-state index >= 15 is 0 Å². The molecule has 0 atom stereocenters. The fourth-order valence-electron chi connectivity index (χ4n) is 2.81. The number of hydrogen-bond donors (Lipinski definition) is 2. The number of halogens is 6. The average Bonchev–Trinajstić information content (AvgIpc) is 3.50. The van der Waals surface area contributed by atoms with Crippen molar-refractivity contribution >= 4 is 17.6 Å². The second kappa shape index (κ2) is 8.12. The first-order valence-electron chi connectivity index (χ1n) is 8.94. The predicted molar refractivity (Wildman–Crippen MR) is 95.5 cm³/mol. The molecule has 3 rings (SSSR count). The minimum Gasteiger partial charge on any atom is -0.489 e. The summed E-state index contributed by atoms with van der Waals surface area (Å²) in [5, 5.41) is 11.8. The number of aromatic carboxylic acids is 1. The van der Waals surface area contributed by atoms with Crippen molar-refractivity contribution in [2.45, 2.75) is 31.8 Å². The first-order valence-corrected chi connectivity index (χ1v) is 8.94. The molecule has 0 spiro atoms. The molecule has 0 unspecified atom stereocenters. The molecule has 31 heavy (non-hydrogen) atoms. The molecule has 166 valence electrons. The smallest absolute Gasteiger partial charge is 0.417 e. The molecule has 0 saturated heterocycles. The van der Waals surface area contributed by atoms with Gasteiger partial charge in [0.15, 0.2) is 0 Å². The Balaban J connectivity index is 1.79. The number of rotatable bonds is 6. The molecular formula is C20H15F6NO4. The Morgan fingerprint density at radius 1 is 0.968 bits per heavy atom. The van der Waals surface area contributed by atoms with E-state index in [1.165, 1.54) is 12.1 Å². The minimum absolute atomic E-state index is 0.0330. The SMILES string of the molecule is O=C(O)c1cc(OCc2ccc(C(F)(F)F)c(C(F)(F)F)c2)ccc1NC(=O)C1CC1. The highest BCUT2D eigenvalue weighted by atomic mass is 19.4. The molecule has 1 saturated carbocycles. The molecule has 0 heterocycles. The monoisotopic (exact) mass is 447 g/mol. The highest BCUT2D eigenvalue weighted by Gasteiger charge is 2.43.